The van der Waals surface area contributed by atoms with Crippen LogP contribution >= 0.6 is 34.8 Å². The van der Waals surface area contributed by atoms with Crippen molar-refractivity contribution < 1.29 is 22.7 Å². The van der Waals surface area contributed by atoms with Gasteiger partial charge < -0.3 is 21.1 Å². The van der Waals surface area contributed by atoms with Gasteiger partial charge in [0.25, 0.3) is 5.91 Å². The number of amidine groups is 1. The molecule has 5 rings (SSSR count). The summed E-state index contributed by atoms with van der Waals surface area (Å²) in [6.45, 7) is 2.28. The molecule has 0 aliphatic carbocycles. The SMILES string of the molecule is Cc1nc2c(OCc3c(Cl)ccc(S(=O)(=O)N4CCC[C@H]4C(=O)NCCCNC(=O)c4ccc(C(=N)N)cc4)c3Cl)cccn2c1Cl. The molecule has 2 aromatic carbocycles. The van der Waals surface area contributed by atoms with Crippen molar-refractivity contribution in [2.45, 2.75) is 43.7 Å². The standard InChI is InChI=1S/C31H32Cl3N7O5S/c1-18-27(34)40-15-3-6-24(29(40)39-18)46-17-21-22(32)11-12-25(26(21)33)47(44,45)41-16-2-5-23(41)31(43)38-14-4-13-37-30(42)20-9-7-19(8-10-20)28(35)36/h3,6-12,15,23H,2,4-5,13-14,16-17H2,1H3,(H3,35,36)(H,37,42)(H,38,43)/t23-/m0/s1. The molecule has 1 fully saturated rings. The lowest BCUT2D eigenvalue weighted by Gasteiger charge is -2.24. The predicted molar refractivity (Wildman–Crippen MR) is 180 cm³/mol. The molecule has 12 nitrogen and oxygen atoms in total. The Bertz CT molecular complexity index is 1950. The molecular formula is C31H32Cl3N7O5S. The van der Waals surface area contributed by atoms with Crippen LogP contribution in [0, 0.1) is 12.3 Å². The second-order valence-electron chi connectivity index (χ2n) is 10.8. The molecule has 0 unspecified atom stereocenters. The van der Waals surface area contributed by atoms with Crippen LogP contribution in [0.1, 0.15) is 46.4 Å². The molecule has 16 heteroatoms. The van der Waals surface area contributed by atoms with Crippen LogP contribution in [0.15, 0.2) is 59.6 Å². The molecule has 1 aliphatic rings. The van der Waals surface area contributed by atoms with Crippen molar-refractivity contribution in [2.75, 3.05) is 19.6 Å². The number of nitrogens with one attached hydrogen (secondary N) is 3. The highest BCUT2D eigenvalue weighted by Gasteiger charge is 2.40. The molecule has 4 aromatic rings. The Morgan fingerprint density at radius 1 is 1.06 bits per heavy atom. The number of rotatable bonds is 12. The molecule has 3 heterocycles. The second kappa shape index (κ2) is 14.5. The first-order chi connectivity index (χ1) is 22.4. The first-order valence-electron chi connectivity index (χ1n) is 14.6. The van der Waals surface area contributed by atoms with Crippen molar-refractivity contribution in [3.8, 4) is 5.75 Å². The number of hydrogen-bond acceptors (Lipinski definition) is 7. The van der Waals surface area contributed by atoms with Crippen molar-refractivity contribution in [2.24, 2.45) is 5.73 Å². The third-order valence-electron chi connectivity index (χ3n) is 7.73. The smallest absolute Gasteiger partial charge is 0.251 e. The number of nitrogens with two attached hydrogens (primary N) is 1. The number of carbonyl (C=O) groups is 2. The monoisotopic (exact) mass is 719 g/mol. The number of imidazole rings is 1. The zero-order chi connectivity index (χ0) is 33.9. The molecule has 1 atom stereocenters. The Hall–Kier alpha value is -3.88. The number of nitrogens with zero attached hydrogens (tertiary/aromatic N) is 3. The number of aryl methyl sites for hydroxylation is 1. The summed E-state index contributed by atoms with van der Waals surface area (Å²) in [5.41, 5.74) is 7.74. The first kappa shape index (κ1) is 34.5. The minimum absolute atomic E-state index is 0.0889. The third kappa shape index (κ3) is 7.34. The average Bonchev–Trinajstić information content (AvgIpc) is 3.66. The van der Waals surface area contributed by atoms with Crippen molar-refractivity contribution in [3.63, 3.8) is 0 Å². The molecule has 0 saturated carbocycles. The Labute approximate surface area is 286 Å². The molecule has 0 spiro atoms. The summed E-state index contributed by atoms with van der Waals surface area (Å²) in [6, 6.07) is 11.6. The van der Waals surface area contributed by atoms with Crippen LogP contribution in [-0.2, 0) is 21.4 Å². The fourth-order valence-corrected chi connectivity index (χ4v) is 7.94. The van der Waals surface area contributed by atoms with Crippen LogP contribution < -0.4 is 21.1 Å². The van der Waals surface area contributed by atoms with Gasteiger partial charge in [-0.1, -0.05) is 46.9 Å². The molecule has 47 heavy (non-hydrogen) atoms. The highest BCUT2D eigenvalue weighted by atomic mass is 35.5. The third-order valence-corrected chi connectivity index (χ3v) is 11.0. The van der Waals surface area contributed by atoms with E-state index in [9.17, 15) is 18.0 Å². The molecule has 2 amide bonds. The van der Waals surface area contributed by atoms with E-state index in [2.05, 4.69) is 15.6 Å². The van der Waals surface area contributed by atoms with Gasteiger partial charge in [-0.3, -0.25) is 19.4 Å². The lowest BCUT2D eigenvalue weighted by atomic mass is 10.1. The van der Waals surface area contributed by atoms with Gasteiger partial charge in [0.1, 0.15) is 28.5 Å². The quantitative estimate of drug-likeness (QED) is 0.0944. The minimum Gasteiger partial charge on any atom is -0.485 e. The fourth-order valence-electron chi connectivity index (χ4n) is 5.24. The number of ether oxygens (including phenoxy) is 1. The van der Waals surface area contributed by atoms with Gasteiger partial charge in [-0.2, -0.15) is 4.31 Å². The van der Waals surface area contributed by atoms with Crippen LogP contribution in [-0.4, -0.2) is 65.4 Å². The number of amides is 2. The van der Waals surface area contributed by atoms with Gasteiger partial charge in [0.05, 0.1) is 10.7 Å². The Balaban J connectivity index is 1.20. The lowest BCUT2D eigenvalue weighted by Crippen LogP contribution is -2.46. The summed E-state index contributed by atoms with van der Waals surface area (Å²) in [4.78, 5) is 29.7. The van der Waals surface area contributed by atoms with Crippen LogP contribution in [0.2, 0.25) is 15.2 Å². The van der Waals surface area contributed by atoms with E-state index in [-0.39, 0.29) is 58.5 Å². The number of aromatic nitrogens is 2. The fraction of sp³-hybridized carbons (Fsp3) is 0.290. The van der Waals surface area contributed by atoms with Crippen LogP contribution in [0.5, 0.6) is 5.75 Å². The summed E-state index contributed by atoms with van der Waals surface area (Å²) in [7, 11) is -4.19. The maximum atomic E-state index is 13.9. The first-order valence-corrected chi connectivity index (χ1v) is 17.2. The van der Waals surface area contributed by atoms with Gasteiger partial charge in [-0.25, -0.2) is 13.4 Å². The van der Waals surface area contributed by atoms with Crippen molar-refractivity contribution in [3.05, 3.63) is 92.3 Å². The largest absolute Gasteiger partial charge is 0.485 e. The second-order valence-corrected chi connectivity index (χ2v) is 13.8. The number of fused-ring (bicyclic) bond motifs is 1. The van der Waals surface area contributed by atoms with E-state index in [1.165, 1.54) is 12.1 Å². The predicted octanol–water partition coefficient (Wildman–Crippen LogP) is 4.56. The number of sulfonamides is 1. The van der Waals surface area contributed by atoms with Crippen molar-refractivity contribution >= 4 is 68.1 Å². The van der Waals surface area contributed by atoms with Gasteiger partial charge in [-0.05, 0) is 62.6 Å². The van der Waals surface area contributed by atoms with E-state index in [0.717, 1.165) is 4.31 Å². The number of hydrogen-bond donors (Lipinski definition) is 4. The van der Waals surface area contributed by atoms with E-state index in [1.54, 1.807) is 53.9 Å². The van der Waals surface area contributed by atoms with Gasteiger partial charge >= 0.3 is 0 Å². The highest BCUT2D eigenvalue weighted by molar-refractivity contribution is 7.89. The van der Waals surface area contributed by atoms with E-state index in [1.807, 2.05) is 0 Å². The van der Waals surface area contributed by atoms with Crippen LogP contribution in [0.25, 0.3) is 5.65 Å². The van der Waals surface area contributed by atoms with Gasteiger partial charge in [0, 0.05) is 47.5 Å². The summed E-state index contributed by atoms with van der Waals surface area (Å²) in [5.74, 6) is -0.425. The summed E-state index contributed by atoms with van der Waals surface area (Å²) < 4.78 is 36.5. The van der Waals surface area contributed by atoms with Gasteiger partial charge in [-0.15, -0.1) is 0 Å². The summed E-state index contributed by atoms with van der Waals surface area (Å²) in [5, 5.41) is 13.5. The number of benzene rings is 2. The Morgan fingerprint density at radius 3 is 2.49 bits per heavy atom. The number of carbonyl (C=O) groups excluding carboxylic acids is 2. The maximum Gasteiger partial charge on any atom is 0.251 e. The molecule has 5 N–H and O–H groups in total. The molecule has 0 bridgehead atoms. The molecule has 0 radical (unpaired) electrons. The van der Waals surface area contributed by atoms with Gasteiger partial charge in [0.2, 0.25) is 15.9 Å². The van der Waals surface area contributed by atoms with Crippen molar-refractivity contribution in [1.29, 1.82) is 5.41 Å². The van der Waals surface area contributed by atoms with E-state index >= 15 is 0 Å². The highest BCUT2D eigenvalue weighted by Crippen LogP contribution is 2.36. The maximum absolute atomic E-state index is 13.9. The number of nitrogen functional groups attached to an aromatic ring is 1. The zero-order valence-corrected chi connectivity index (χ0v) is 28.3. The Kier molecular flexibility index (Phi) is 10.6. The molecule has 2 aromatic heterocycles. The van der Waals surface area contributed by atoms with E-state index < -0.39 is 22.0 Å². The van der Waals surface area contributed by atoms with Crippen molar-refractivity contribution in [1.82, 2.24) is 24.3 Å². The number of halogens is 3. The minimum atomic E-state index is -4.19. The van der Waals surface area contributed by atoms with E-state index in [0.29, 0.717) is 52.6 Å². The molecular weight excluding hydrogens is 689 g/mol. The molecule has 1 aliphatic heterocycles. The number of pyridine rings is 1. The summed E-state index contributed by atoms with van der Waals surface area (Å²) >= 11 is 19.4. The topological polar surface area (TPSA) is 172 Å². The van der Waals surface area contributed by atoms with Crippen LogP contribution in [0.3, 0.4) is 0 Å². The molecule has 248 valence electrons. The lowest BCUT2D eigenvalue weighted by molar-refractivity contribution is -0.124. The Morgan fingerprint density at radius 2 is 1.77 bits per heavy atom. The summed E-state index contributed by atoms with van der Waals surface area (Å²) in [6.07, 6.45) is 3.01. The molecule has 1 saturated heterocycles. The average molecular weight is 721 g/mol. The zero-order valence-electron chi connectivity index (χ0n) is 25.2. The normalized spacial score (nSPS) is 15.1. The van der Waals surface area contributed by atoms with Gasteiger partial charge in [0.15, 0.2) is 11.4 Å². The van der Waals surface area contributed by atoms with E-state index in [4.69, 9.17) is 50.7 Å². The van der Waals surface area contributed by atoms with Crippen LogP contribution in [0.4, 0.5) is 0 Å².